The van der Waals surface area contributed by atoms with E-state index in [1.807, 2.05) is 31.2 Å². The molecule has 0 fully saturated rings. The molecule has 0 atom stereocenters. The topological polar surface area (TPSA) is 57.7 Å². The van der Waals surface area contributed by atoms with Gasteiger partial charge in [-0.2, -0.15) is 0 Å². The number of esters is 1. The molecule has 0 amide bonds. The van der Waals surface area contributed by atoms with E-state index in [1.165, 1.54) is 18.9 Å². The lowest BCUT2D eigenvalue weighted by Crippen LogP contribution is -2.12. The van der Waals surface area contributed by atoms with Gasteiger partial charge >= 0.3 is 5.97 Å². The first-order valence-electron chi connectivity index (χ1n) is 6.55. The van der Waals surface area contributed by atoms with Crippen molar-refractivity contribution in [3.05, 3.63) is 53.7 Å². The average molecular weight is 287 g/mol. The summed E-state index contributed by atoms with van der Waals surface area (Å²) in [5.74, 6) is 0.773. The highest BCUT2D eigenvalue weighted by atomic mass is 16.6. The molecule has 0 N–H and O–H groups in total. The molecule has 0 bridgehead atoms. The lowest BCUT2D eigenvalue weighted by Gasteiger charge is -2.07. The van der Waals surface area contributed by atoms with Crippen LogP contribution in [0.3, 0.4) is 0 Å². The van der Waals surface area contributed by atoms with Gasteiger partial charge in [0, 0.05) is 12.3 Å². The molecule has 0 aliphatic heterocycles. The van der Waals surface area contributed by atoms with Gasteiger partial charge in [-0.25, -0.2) is 9.78 Å². The summed E-state index contributed by atoms with van der Waals surface area (Å²) in [5, 5.41) is 0. The average Bonchev–Trinajstić information content (AvgIpc) is 2.53. The van der Waals surface area contributed by atoms with Crippen LogP contribution >= 0.6 is 0 Å². The van der Waals surface area contributed by atoms with E-state index in [1.54, 1.807) is 12.1 Å². The van der Waals surface area contributed by atoms with Gasteiger partial charge in [0.05, 0.1) is 12.7 Å². The third kappa shape index (κ3) is 4.49. The van der Waals surface area contributed by atoms with Crippen LogP contribution in [0.5, 0.6) is 11.6 Å². The standard InChI is InChI=1S/C16H17NO4/c1-12-3-6-14(7-4-12)20-9-10-21-16(18)13-5-8-15(19-2)17-11-13/h3-8,11H,9-10H2,1-2H3. The Balaban J connectivity index is 1.74. The van der Waals surface area contributed by atoms with Gasteiger partial charge in [-0.05, 0) is 25.1 Å². The first-order chi connectivity index (χ1) is 10.2. The predicted octanol–water partition coefficient (Wildman–Crippen LogP) is 2.63. The highest BCUT2D eigenvalue weighted by Crippen LogP contribution is 2.11. The molecule has 5 nitrogen and oxygen atoms in total. The SMILES string of the molecule is COc1ccc(C(=O)OCCOc2ccc(C)cc2)cn1. The summed E-state index contributed by atoms with van der Waals surface area (Å²) in [6.07, 6.45) is 1.42. The molecule has 0 radical (unpaired) electrons. The van der Waals surface area contributed by atoms with Gasteiger partial charge in [0.25, 0.3) is 0 Å². The van der Waals surface area contributed by atoms with Gasteiger partial charge in [-0.1, -0.05) is 17.7 Å². The Labute approximate surface area is 123 Å². The van der Waals surface area contributed by atoms with E-state index >= 15 is 0 Å². The van der Waals surface area contributed by atoms with Crippen molar-refractivity contribution in [1.29, 1.82) is 0 Å². The van der Waals surface area contributed by atoms with Gasteiger partial charge in [0.1, 0.15) is 19.0 Å². The van der Waals surface area contributed by atoms with Gasteiger partial charge < -0.3 is 14.2 Å². The maximum atomic E-state index is 11.7. The van der Waals surface area contributed by atoms with Crippen molar-refractivity contribution in [2.75, 3.05) is 20.3 Å². The quantitative estimate of drug-likeness (QED) is 0.604. The fourth-order valence-electron chi connectivity index (χ4n) is 1.63. The van der Waals surface area contributed by atoms with Gasteiger partial charge in [0.15, 0.2) is 0 Å². The number of benzene rings is 1. The van der Waals surface area contributed by atoms with Gasteiger partial charge in [-0.15, -0.1) is 0 Å². The molecule has 2 rings (SSSR count). The number of nitrogens with zero attached hydrogens (tertiary/aromatic N) is 1. The molecule has 0 aliphatic carbocycles. The van der Waals surface area contributed by atoms with Crippen LogP contribution in [0, 0.1) is 6.92 Å². The maximum absolute atomic E-state index is 11.7. The number of carbonyl (C=O) groups is 1. The summed E-state index contributed by atoms with van der Waals surface area (Å²) < 4.78 is 15.5. The summed E-state index contributed by atoms with van der Waals surface area (Å²) in [7, 11) is 1.52. The Morgan fingerprint density at radius 2 is 1.86 bits per heavy atom. The summed E-state index contributed by atoms with van der Waals surface area (Å²) in [4.78, 5) is 15.7. The van der Waals surface area contributed by atoms with E-state index < -0.39 is 5.97 Å². The number of ether oxygens (including phenoxy) is 3. The van der Waals surface area contributed by atoms with E-state index in [9.17, 15) is 4.79 Å². The van der Waals surface area contributed by atoms with E-state index in [0.717, 1.165) is 5.75 Å². The predicted molar refractivity (Wildman–Crippen MR) is 77.7 cm³/mol. The number of hydrogen-bond acceptors (Lipinski definition) is 5. The van der Waals surface area contributed by atoms with Gasteiger partial charge in [0.2, 0.25) is 5.88 Å². The second kappa shape index (κ2) is 7.28. The molecule has 0 saturated heterocycles. The van der Waals surface area contributed by atoms with E-state index in [4.69, 9.17) is 14.2 Å². The third-order valence-corrected chi connectivity index (χ3v) is 2.79. The number of carbonyl (C=O) groups excluding carboxylic acids is 1. The molecule has 1 aromatic carbocycles. The molecule has 1 aromatic heterocycles. The number of aromatic nitrogens is 1. The Morgan fingerprint density at radius 1 is 1.10 bits per heavy atom. The molecule has 0 aliphatic rings. The fraction of sp³-hybridized carbons (Fsp3) is 0.250. The monoisotopic (exact) mass is 287 g/mol. The van der Waals surface area contributed by atoms with E-state index in [2.05, 4.69) is 4.98 Å². The van der Waals surface area contributed by atoms with Crippen molar-refractivity contribution in [3.8, 4) is 11.6 Å². The summed E-state index contributed by atoms with van der Waals surface area (Å²) in [6, 6.07) is 10.9. The number of rotatable bonds is 6. The summed E-state index contributed by atoms with van der Waals surface area (Å²) >= 11 is 0. The van der Waals surface area contributed by atoms with Crippen LogP contribution in [0.2, 0.25) is 0 Å². The zero-order valence-corrected chi connectivity index (χ0v) is 12.0. The molecular weight excluding hydrogens is 270 g/mol. The van der Waals surface area contributed by atoms with Crippen LogP contribution in [0.4, 0.5) is 0 Å². The minimum absolute atomic E-state index is 0.179. The van der Waals surface area contributed by atoms with Crippen LogP contribution in [-0.4, -0.2) is 31.3 Å². The van der Waals surface area contributed by atoms with Crippen molar-refractivity contribution in [1.82, 2.24) is 4.98 Å². The molecule has 110 valence electrons. The van der Waals surface area contributed by atoms with Crippen LogP contribution in [0.25, 0.3) is 0 Å². The Hall–Kier alpha value is -2.56. The normalized spacial score (nSPS) is 10.0. The molecule has 0 unspecified atom stereocenters. The number of hydrogen-bond donors (Lipinski definition) is 0. The maximum Gasteiger partial charge on any atom is 0.339 e. The van der Waals surface area contributed by atoms with E-state index in [-0.39, 0.29) is 6.61 Å². The zero-order chi connectivity index (χ0) is 15.1. The lowest BCUT2D eigenvalue weighted by atomic mass is 10.2. The molecule has 2 aromatic rings. The molecule has 21 heavy (non-hydrogen) atoms. The Kier molecular flexibility index (Phi) is 5.15. The molecule has 0 spiro atoms. The van der Waals surface area contributed by atoms with Crippen molar-refractivity contribution >= 4 is 5.97 Å². The van der Waals surface area contributed by atoms with Crippen LogP contribution in [0.15, 0.2) is 42.6 Å². The minimum atomic E-state index is -0.433. The van der Waals surface area contributed by atoms with E-state index in [0.29, 0.717) is 18.1 Å². The second-order valence-corrected chi connectivity index (χ2v) is 4.39. The number of aryl methyl sites for hydroxylation is 1. The molecule has 1 heterocycles. The second-order valence-electron chi connectivity index (χ2n) is 4.39. The van der Waals surface area contributed by atoms with Gasteiger partial charge in [-0.3, -0.25) is 0 Å². The van der Waals surface area contributed by atoms with Crippen molar-refractivity contribution in [2.45, 2.75) is 6.92 Å². The van der Waals surface area contributed by atoms with Crippen LogP contribution < -0.4 is 9.47 Å². The first kappa shape index (κ1) is 14.8. The van der Waals surface area contributed by atoms with Crippen LogP contribution in [-0.2, 0) is 4.74 Å². The van der Waals surface area contributed by atoms with Crippen molar-refractivity contribution in [2.24, 2.45) is 0 Å². The number of pyridine rings is 1. The molecule has 0 saturated carbocycles. The summed E-state index contributed by atoms with van der Waals surface area (Å²) in [5.41, 5.74) is 1.55. The van der Waals surface area contributed by atoms with Crippen molar-refractivity contribution in [3.63, 3.8) is 0 Å². The largest absolute Gasteiger partial charge is 0.490 e. The van der Waals surface area contributed by atoms with Crippen molar-refractivity contribution < 1.29 is 19.0 Å². The zero-order valence-electron chi connectivity index (χ0n) is 12.0. The molecule has 5 heteroatoms. The minimum Gasteiger partial charge on any atom is -0.490 e. The highest BCUT2D eigenvalue weighted by molar-refractivity contribution is 5.89. The molecular formula is C16H17NO4. The first-order valence-corrected chi connectivity index (χ1v) is 6.55. The Morgan fingerprint density at radius 3 is 2.48 bits per heavy atom. The summed E-state index contributed by atoms with van der Waals surface area (Å²) in [6.45, 7) is 2.49. The lowest BCUT2D eigenvalue weighted by molar-refractivity contribution is 0.0450. The third-order valence-electron chi connectivity index (χ3n) is 2.79. The smallest absolute Gasteiger partial charge is 0.339 e. The highest BCUT2D eigenvalue weighted by Gasteiger charge is 2.07. The number of methoxy groups -OCH3 is 1. The fourth-order valence-corrected chi connectivity index (χ4v) is 1.63. The Bertz CT molecular complexity index is 578. The van der Waals surface area contributed by atoms with Crippen LogP contribution in [0.1, 0.15) is 15.9 Å².